The van der Waals surface area contributed by atoms with Gasteiger partial charge in [-0.05, 0) is 39.0 Å². The second-order valence-electron chi connectivity index (χ2n) is 5.33. The van der Waals surface area contributed by atoms with E-state index in [4.69, 9.17) is 21.1 Å². The maximum absolute atomic E-state index is 11.7. The zero-order valence-corrected chi connectivity index (χ0v) is 14.4. The molecule has 0 unspecified atom stereocenters. The Morgan fingerprint density at radius 2 is 2.05 bits per heavy atom. The lowest BCUT2D eigenvalue weighted by Crippen LogP contribution is -2.36. The van der Waals surface area contributed by atoms with Crippen LogP contribution in [0.1, 0.15) is 20.8 Å². The van der Waals surface area contributed by atoms with Crippen LogP contribution in [0.15, 0.2) is 22.7 Å². The molecule has 0 aliphatic rings. The Kier molecular flexibility index (Phi) is 6.14. The summed E-state index contributed by atoms with van der Waals surface area (Å²) in [5.41, 5.74) is -0.499. The summed E-state index contributed by atoms with van der Waals surface area (Å²) >= 11 is 9.36. The van der Waals surface area contributed by atoms with Crippen molar-refractivity contribution in [1.29, 1.82) is 0 Å². The third-order valence-corrected chi connectivity index (χ3v) is 3.07. The number of rotatable bonds is 4. The quantitative estimate of drug-likeness (QED) is 0.797. The lowest BCUT2D eigenvalue weighted by molar-refractivity contribution is 0.0278. The molecule has 0 atom stereocenters. The summed E-state index contributed by atoms with van der Waals surface area (Å²) < 4.78 is 11.7. The van der Waals surface area contributed by atoms with E-state index in [0.717, 1.165) is 4.47 Å². The highest BCUT2D eigenvalue weighted by molar-refractivity contribution is 9.10. The van der Waals surface area contributed by atoms with Crippen LogP contribution >= 0.6 is 27.5 Å². The van der Waals surface area contributed by atoms with E-state index in [9.17, 15) is 4.79 Å². The molecule has 4 nitrogen and oxygen atoms in total. The van der Waals surface area contributed by atoms with Gasteiger partial charge in [-0.2, -0.15) is 0 Å². The molecular formula is C14H19BrClNO3. The first-order chi connectivity index (χ1) is 9.19. The van der Waals surface area contributed by atoms with Gasteiger partial charge in [0.25, 0.3) is 0 Å². The number of amides is 1. The van der Waals surface area contributed by atoms with Gasteiger partial charge < -0.3 is 14.4 Å². The first-order valence-corrected chi connectivity index (χ1v) is 7.38. The Labute approximate surface area is 133 Å². The Morgan fingerprint density at radius 3 is 2.60 bits per heavy atom. The Bertz CT molecular complexity index is 474. The summed E-state index contributed by atoms with van der Waals surface area (Å²) in [6, 6.07) is 5.38. The lowest BCUT2D eigenvalue weighted by Gasteiger charge is -2.24. The van der Waals surface area contributed by atoms with Gasteiger partial charge in [0.05, 0.1) is 11.6 Å². The number of hydrogen-bond donors (Lipinski definition) is 0. The lowest BCUT2D eigenvalue weighted by atomic mass is 10.2. The van der Waals surface area contributed by atoms with Crippen molar-refractivity contribution in [2.24, 2.45) is 0 Å². The van der Waals surface area contributed by atoms with Crippen molar-refractivity contribution in [1.82, 2.24) is 4.90 Å². The van der Waals surface area contributed by atoms with Crippen LogP contribution in [-0.4, -0.2) is 36.8 Å². The van der Waals surface area contributed by atoms with Crippen LogP contribution in [0.4, 0.5) is 4.79 Å². The summed E-state index contributed by atoms with van der Waals surface area (Å²) in [5, 5.41) is 0.527. The summed E-state index contributed by atoms with van der Waals surface area (Å²) in [6.45, 7) is 6.25. The number of hydrogen-bond acceptors (Lipinski definition) is 3. The van der Waals surface area contributed by atoms with E-state index in [-0.39, 0.29) is 6.09 Å². The average Bonchev–Trinajstić information content (AvgIpc) is 2.29. The van der Waals surface area contributed by atoms with Crippen LogP contribution in [-0.2, 0) is 4.74 Å². The van der Waals surface area contributed by atoms with Gasteiger partial charge in [-0.1, -0.05) is 27.5 Å². The molecule has 0 N–H and O–H groups in total. The van der Waals surface area contributed by atoms with Crippen LogP contribution in [0.5, 0.6) is 5.75 Å². The highest BCUT2D eigenvalue weighted by Gasteiger charge is 2.19. The van der Waals surface area contributed by atoms with Crippen molar-refractivity contribution in [3.63, 3.8) is 0 Å². The van der Waals surface area contributed by atoms with Crippen molar-refractivity contribution in [3.8, 4) is 5.75 Å². The van der Waals surface area contributed by atoms with Gasteiger partial charge in [0.2, 0.25) is 0 Å². The predicted octanol–water partition coefficient (Wildman–Crippen LogP) is 4.35. The molecule has 1 amide bonds. The largest absolute Gasteiger partial charge is 0.490 e. The maximum atomic E-state index is 11.7. The van der Waals surface area contributed by atoms with Crippen LogP contribution in [0.2, 0.25) is 5.02 Å². The summed E-state index contributed by atoms with van der Waals surface area (Å²) in [6.07, 6.45) is -0.372. The van der Waals surface area contributed by atoms with Gasteiger partial charge in [-0.25, -0.2) is 4.79 Å². The third-order valence-electron chi connectivity index (χ3n) is 2.28. The molecule has 0 spiro atoms. The monoisotopic (exact) mass is 363 g/mol. The van der Waals surface area contributed by atoms with Crippen LogP contribution in [0.25, 0.3) is 0 Å². The molecule has 112 valence electrons. The smallest absolute Gasteiger partial charge is 0.410 e. The van der Waals surface area contributed by atoms with Crippen molar-refractivity contribution < 1.29 is 14.3 Å². The molecule has 1 aromatic rings. The van der Waals surface area contributed by atoms with E-state index in [0.29, 0.717) is 23.9 Å². The molecule has 0 aromatic heterocycles. The molecule has 1 rings (SSSR count). The molecular weight excluding hydrogens is 346 g/mol. The van der Waals surface area contributed by atoms with Crippen LogP contribution < -0.4 is 4.74 Å². The molecule has 0 aliphatic carbocycles. The zero-order valence-electron chi connectivity index (χ0n) is 12.1. The van der Waals surface area contributed by atoms with Gasteiger partial charge >= 0.3 is 6.09 Å². The molecule has 0 aliphatic heterocycles. The maximum Gasteiger partial charge on any atom is 0.410 e. The summed E-state index contributed by atoms with van der Waals surface area (Å²) in [4.78, 5) is 13.2. The fourth-order valence-electron chi connectivity index (χ4n) is 1.32. The Balaban J connectivity index is 2.42. The van der Waals surface area contributed by atoms with Gasteiger partial charge in [0.1, 0.15) is 18.0 Å². The van der Waals surface area contributed by atoms with E-state index >= 15 is 0 Å². The first kappa shape index (κ1) is 17.1. The molecule has 0 fully saturated rings. The minimum atomic E-state index is -0.499. The number of carbonyl (C=O) groups excluding carboxylic acids is 1. The predicted molar refractivity (Wildman–Crippen MR) is 83.5 cm³/mol. The van der Waals surface area contributed by atoms with Crippen molar-refractivity contribution >= 4 is 33.6 Å². The number of ether oxygens (including phenoxy) is 2. The fourth-order valence-corrected chi connectivity index (χ4v) is 2.04. The minimum Gasteiger partial charge on any atom is -0.490 e. The second-order valence-corrected chi connectivity index (χ2v) is 6.65. The molecule has 0 saturated heterocycles. The minimum absolute atomic E-state index is 0.344. The Morgan fingerprint density at radius 1 is 1.40 bits per heavy atom. The van der Waals surface area contributed by atoms with Gasteiger partial charge in [-0.3, -0.25) is 0 Å². The van der Waals surface area contributed by atoms with Gasteiger partial charge in [-0.15, -0.1) is 0 Å². The number of benzene rings is 1. The van der Waals surface area contributed by atoms with E-state index in [2.05, 4.69) is 15.9 Å². The molecule has 20 heavy (non-hydrogen) atoms. The van der Waals surface area contributed by atoms with Gasteiger partial charge in [0, 0.05) is 11.5 Å². The zero-order chi connectivity index (χ0) is 15.3. The highest BCUT2D eigenvalue weighted by Crippen LogP contribution is 2.27. The summed E-state index contributed by atoms with van der Waals surface area (Å²) in [5.74, 6) is 0.590. The topological polar surface area (TPSA) is 38.8 Å². The number of halogens is 2. The SMILES string of the molecule is CN(CCOc1ccc(Br)cc1Cl)C(=O)OC(C)(C)C. The van der Waals surface area contributed by atoms with E-state index in [1.807, 2.05) is 26.8 Å². The number of likely N-dealkylation sites (N-methyl/N-ethyl adjacent to an activating group) is 1. The molecule has 6 heteroatoms. The van der Waals surface area contributed by atoms with Crippen molar-refractivity contribution in [2.75, 3.05) is 20.2 Å². The van der Waals surface area contributed by atoms with Crippen molar-refractivity contribution in [2.45, 2.75) is 26.4 Å². The Hall–Kier alpha value is -0.940. The molecule has 0 heterocycles. The molecule has 1 aromatic carbocycles. The first-order valence-electron chi connectivity index (χ1n) is 6.21. The molecule has 0 radical (unpaired) electrons. The van der Waals surface area contributed by atoms with E-state index in [1.165, 1.54) is 4.90 Å². The fraction of sp³-hybridized carbons (Fsp3) is 0.500. The second kappa shape index (κ2) is 7.18. The van der Waals surface area contributed by atoms with Gasteiger partial charge in [0.15, 0.2) is 0 Å². The number of carbonyl (C=O) groups is 1. The molecule has 0 saturated carbocycles. The van der Waals surface area contributed by atoms with E-state index in [1.54, 1.807) is 19.2 Å². The average molecular weight is 365 g/mol. The number of nitrogens with zero attached hydrogens (tertiary/aromatic N) is 1. The molecule has 0 bridgehead atoms. The third kappa shape index (κ3) is 6.01. The standard InChI is InChI=1S/C14H19BrClNO3/c1-14(2,3)20-13(18)17(4)7-8-19-12-6-5-10(15)9-11(12)16/h5-6,9H,7-8H2,1-4H3. The van der Waals surface area contributed by atoms with Crippen molar-refractivity contribution in [3.05, 3.63) is 27.7 Å². The normalized spacial score (nSPS) is 11.1. The van der Waals surface area contributed by atoms with Crippen LogP contribution in [0, 0.1) is 0 Å². The van der Waals surface area contributed by atoms with Crippen LogP contribution in [0.3, 0.4) is 0 Å². The summed E-state index contributed by atoms with van der Waals surface area (Å²) in [7, 11) is 1.67. The highest BCUT2D eigenvalue weighted by atomic mass is 79.9. The van der Waals surface area contributed by atoms with E-state index < -0.39 is 5.60 Å².